The lowest BCUT2D eigenvalue weighted by molar-refractivity contribution is 0.577. The van der Waals surface area contributed by atoms with Crippen molar-refractivity contribution < 1.29 is 4.39 Å². The predicted octanol–water partition coefficient (Wildman–Crippen LogP) is 4.48. The highest BCUT2D eigenvalue weighted by Crippen LogP contribution is 2.18. The fraction of sp³-hybridized carbons (Fsp3) is 0.294. The first kappa shape index (κ1) is 15.2. The molecule has 1 unspecified atom stereocenters. The molecule has 0 saturated carbocycles. The highest BCUT2D eigenvalue weighted by atomic mass is 79.9. The number of aryl methyl sites for hydroxylation is 1. The molecule has 20 heavy (non-hydrogen) atoms. The molecule has 0 aliphatic carbocycles. The summed E-state index contributed by atoms with van der Waals surface area (Å²) >= 11 is 3.20. The third-order valence-corrected chi connectivity index (χ3v) is 3.97. The zero-order chi connectivity index (χ0) is 14.4. The molecule has 3 heteroatoms. The van der Waals surface area contributed by atoms with Gasteiger partial charge in [-0.15, -0.1) is 0 Å². The molecule has 0 saturated heterocycles. The molecule has 2 N–H and O–H groups in total. The number of halogens is 2. The van der Waals surface area contributed by atoms with E-state index in [4.69, 9.17) is 5.73 Å². The molecular weight excluding hydrogens is 317 g/mol. The van der Waals surface area contributed by atoms with Crippen LogP contribution in [0.15, 0.2) is 53.0 Å². The largest absolute Gasteiger partial charge is 0.327 e. The Labute approximate surface area is 128 Å². The fourth-order valence-corrected chi connectivity index (χ4v) is 2.71. The van der Waals surface area contributed by atoms with Gasteiger partial charge in [0.15, 0.2) is 0 Å². The molecule has 0 amide bonds. The fourth-order valence-electron chi connectivity index (χ4n) is 2.28. The normalized spacial score (nSPS) is 12.3. The molecule has 2 aromatic rings. The molecule has 0 fully saturated rings. The van der Waals surface area contributed by atoms with Gasteiger partial charge in [-0.2, -0.15) is 0 Å². The molecule has 2 aromatic carbocycles. The molecule has 106 valence electrons. The van der Waals surface area contributed by atoms with Crippen LogP contribution < -0.4 is 5.73 Å². The van der Waals surface area contributed by atoms with Crippen LogP contribution in [-0.4, -0.2) is 6.04 Å². The summed E-state index contributed by atoms with van der Waals surface area (Å²) in [7, 11) is 0. The van der Waals surface area contributed by atoms with Gasteiger partial charge in [0.2, 0.25) is 0 Å². The number of hydrogen-bond acceptors (Lipinski definition) is 1. The van der Waals surface area contributed by atoms with Crippen molar-refractivity contribution in [3.05, 3.63) is 69.9 Å². The Morgan fingerprint density at radius 1 is 1.05 bits per heavy atom. The first-order valence-electron chi connectivity index (χ1n) is 6.88. The minimum Gasteiger partial charge on any atom is -0.327 e. The van der Waals surface area contributed by atoms with Crippen LogP contribution >= 0.6 is 15.9 Å². The molecule has 1 nitrogen and oxygen atoms in total. The molecule has 2 rings (SSSR count). The minimum atomic E-state index is -0.230. The van der Waals surface area contributed by atoms with Crippen LogP contribution in [0, 0.1) is 5.82 Å². The monoisotopic (exact) mass is 335 g/mol. The highest BCUT2D eigenvalue weighted by Gasteiger charge is 2.06. The third-order valence-electron chi connectivity index (χ3n) is 3.37. The van der Waals surface area contributed by atoms with Crippen molar-refractivity contribution in [3.8, 4) is 0 Å². The second-order valence-corrected chi connectivity index (χ2v) is 5.94. The van der Waals surface area contributed by atoms with Crippen LogP contribution in [0.2, 0.25) is 0 Å². The summed E-state index contributed by atoms with van der Waals surface area (Å²) in [6, 6.07) is 15.7. The molecule has 0 aromatic heterocycles. The van der Waals surface area contributed by atoms with Gasteiger partial charge < -0.3 is 5.73 Å². The van der Waals surface area contributed by atoms with Gasteiger partial charge >= 0.3 is 0 Å². The van der Waals surface area contributed by atoms with Crippen LogP contribution in [0.1, 0.15) is 24.0 Å². The summed E-state index contributed by atoms with van der Waals surface area (Å²) < 4.78 is 13.7. The van der Waals surface area contributed by atoms with E-state index in [1.54, 1.807) is 6.07 Å². The summed E-state index contributed by atoms with van der Waals surface area (Å²) in [6.07, 6.45) is 3.90. The number of hydrogen-bond donors (Lipinski definition) is 1. The maximum Gasteiger partial charge on any atom is 0.137 e. The van der Waals surface area contributed by atoms with E-state index >= 15 is 0 Å². The molecular formula is C17H19BrFN. The van der Waals surface area contributed by atoms with E-state index in [1.807, 2.05) is 12.1 Å². The summed E-state index contributed by atoms with van der Waals surface area (Å²) in [5, 5.41) is 0. The van der Waals surface area contributed by atoms with E-state index in [0.717, 1.165) is 31.2 Å². The van der Waals surface area contributed by atoms with Gasteiger partial charge in [-0.05, 0) is 64.9 Å². The molecule has 0 radical (unpaired) electrons. The quantitative estimate of drug-likeness (QED) is 0.827. The van der Waals surface area contributed by atoms with Crippen LogP contribution in [-0.2, 0) is 12.8 Å². The maximum atomic E-state index is 13.1. The van der Waals surface area contributed by atoms with Gasteiger partial charge in [0, 0.05) is 6.04 Å². The van der Waals surface area contributed by atoms with Gasteiger partial charge in [-0.1, -0.05) is 36.4 Å². The van der Waals surface area contributed by atoms with E-state index < -0.39 is 0 Å². The predicted molar refractivity (Wildman–Crippen MR) is 85.2 cm³/mol. The van der Waals surface area contributed by atoms with Gasteiger partial charge in [0.05, 0.1) is 4.47 Å². The van der Waals surface area contributed by atoms with E-state index in [2.05, 4.69) is 40.2 Å². The average Bonchev–Trinajstić information content (AvgIpc) is 2.44. The Balaban J connectivity index is 1.77. The zero-order valence-corrected chi connectivity index (χ0v) is 12.9. The van der Waals surface area contributed by atoms with Crippen LogP contribution in [0.5, 0.6) is 0 Å². The van der Waals surface area contributed by atoms with Crippen molar-refractivity contribution in [2.24, 2.45) is 5.73 Å². The van der Waals surface area contributed by atoms with Crippen molar-refractivity contribution in [3.63, 3.8) is 0 Å². The first-order valence-corrected chi connectivity index (χ1v) is 7.68. The van der Waals surface area contributed by atoms with Crippen molar-refractivity contribution in [2.75, 3.05) is 0 Å². The van der Waals surface area contributed by atoms with Gasteiger partial charge in [0.1, 0.15) is 5.82 Å². The lowest BCUT2D eigenvalue weighted by atomic mass is 10.00. The summed E-state index contributed by atoms with van der Waals surface area (Å²) in [4.78, 5) is 0. The first-order chi connectivity index (χ1) is 9.65. The topological polar surface area (TPSA) is 26.0 Å². The van der Waals surface area contributed by atoms with E-state index in [0.29, 0.717) is 4.47 Å². The Bertz CT molecular complexity index is 542. The van der Waals surface area contributed by atoms with E-state index in [1.165, 1.54) is 11.6 Å². The highest BCUT2D eigenvalue weighted by molar-refractivity contribution is 9.10. The maximum absolute atomic E-state index is 13.1. The average molecular weight is 336 g/mol. The minimum absolute atomic E-state index is 0.121. The number of nitrogens with two attached hydrogens (primary N) is 1. The van der Waals surface area contributed by atoms with Crippen molar-refractivity contribution in [2.45, 2.75) is 31.7 Å². The number of benzene rings is 2. The SMILES string of the molecule is NC(CCCc1ccccc1)Cc1ccc(F)c(Br)c1. The molecule has 0 aliphatic heterocycles. The van der Waals surface area contributed by atoms with Gasteiger partial charge in [-0.25, -0.2) is 4.39 Å². The standard InChI is InChI=1S/C17H19BrFN/c18-16-12-14(9-10-17(16)19)11-15(20)8-4-7-13-5-2-1-3-6-13/h1-3,5-6,9-10,12,15H,4,7-8,11,20H2. The van der Waals surface area contributed by atoms with E-state index in [9.17, 15) is 4.39 Å². The smallest absolute Gasteiger partial charge is 0.137 e. The second-order valence-electron chi connectivity index (χ2n) is 5.09. The molecule has 0 spiro atoms. The number of rotatable bonds is 6. The lowest BCUT2D eigenvalue weighted by Crippen LogP contribution is -2.22. The van der Waals surface area contributed by atoms with Gasteiger partial charge in [0.25, 0.3) is 0 Å². The van der Waals surface area contributed by atoms with Crippen LogP contribution in [0.4, 0.5) is 4.39 Å². The lowest BCUT2D eigenvalue weighted by Gasteiger charge is -2.12. The van der Waals surface area contributed by atoms with Gasteiger partial charge in [-0.3, -0.25) is 0 Å². The van der Waals surface area contributed by atoms with Crippen LogP contribution in [0.3, 0.4) is 0 Å². The Hall–Kier alpha value is -1.19. The van der Waals surface area contributed by atoms with Crippen LogP contribution in [0.25, 0.3) is 0 Å². The molecule has 0 aliphatic rings. The Morgan fingerprint density at radius 2 is 1.80 bits per heavy atom. The van der Waals surface area contributed by atoms with Crippen molar-refractivity contribution >= 4 is 15.9 Å². The summed E-state index contributed by atoms with van der Waals surface area (Å²) in [5.74, 6) is -0.230. The summed E-state index contributed by atoms with van der Waals surface area (Å²) in [5.41, 5.74) is 8.57. The van der Waals surface area contributed by atoms with Crippen molar-refractivity contribution in [1.29, 1.82) is 0 Å². The van der Waals surface area contributed by atoms with E-state index in [-0.39, 0.29) is 11.9 Å². The summed E-state index contributed by atoms with van der Waals surface area (Å²) in [6.45, 7) is 0. The Morgan fingerprint density at radius 3 is 2.50 bits per heavy atom. The zero-order valence-electron chi connectivity index (χ0n) is 11.4. The molecule has 1 atom stereocenters. The molecule has 0 heterocycles. The molecule has 0 bridgehead atoms. The second kappa shape index (κ2) is 7.55. The Kier molecular flexibility index (Phi) is 5.74. The van der Waals surface area contributed by atoms with Crippen molar-refractivity contribution in [1.82, 2.24) is 0 Å². The third kappa shape index (κ3) is 4.73.